The third kappa shape index (κ3) is 3.70. The molecule has 1 aromatic rings. The summed E-state index contributed by atoms with van der Waals surface area (Å²) in [5, 5.41) is 12.1. The van der Waals surface area contributed by atoms with E-state index in [1.54, 1.807) is 13.2 Å². The molecule has 5 nitrogen and oxygen atoms in total. The molecule has 0 atom stereocenters. The van der Waals surface area contributed by atoms with Crippen LogP contribution in [0.4, 0.5) is 5.69 Å². The number of aliphatic hydroxyl groups excluding tert-OH is 1. The molecule has 0 radical (unpaired) electrons. The molecule has 2 N–H and O–H groups in total. The number of amides is 1. The maximum Gasteiger partial charge on any atom is 0.257 e. The SMILES string of the molecule is CCCNc1cc(C)ncc1C(=O)N(C)CCO. The van der Waals surface area contributed by atoms with Crippen molar-refractivity contribution in [1.29, 1.82) is 0 Å². The molecule has 0 aliphatic rings. The summed E-state index contributed by atoms with van der Waals surface area (Å²) < 4.78 is 0. The fraction of sp³-hybridized carbons (Fsp3) is 0.538. The van der Waals surface area contributed by atoms with Gasteiger partial charge in [-0.15, -0.1) is 0 Å². The van der Waals surface area contributed by atoms with Crippen molar-refractivity contribution in [3.05, 3.63) is 23.5 Å². The van der Waals surface area contributed by atoms with Crippen LogP contribution in [0, 0.1) is 6.92 Å². The monoisotopic (exact) mass is 251 g/mol. The summed E-state index contributed by atoms with van der Waals surface area (Å²) in [5.41, 5.74) is 2.22. The Morgan fingerprint density at radius 1 is 1.56 bits per heavy atom. The van der Waals surface area contributed by atoms with E-state index in [2.05, 4.69) is 17.2 Å². The molecule has 0 fully saturated rings. The van der Waals surface area contributed by atoms with Gasteiger partial charge in [-0.25, -0.2) is 0 Å². The topological polar surface area (TPSA) is 65.5 Å². The van der Waals surface area contributed by atoms with E-state index in [-0.39, 0.29) is 12.5 Å². The second-order valence-electron chi connectivity index (χ2n) is 4.25. The van der Waals surface area contributed by atoms with E-state index in [1.807, 2.05) is 13.0 Å². The lowest BCUT2D eigenvalue weighted by molar-refractivity contribution is 0.0767. The van der Waals surface area contributed by atoms with Crippen molar-refractivity contribution in [3.8, 4) is 0 Å². The molecule has 0 aliphatic carbocycles. The van der Waals surface area contributed by atoms with Crippen molar-refractivity contribution in [2.24, 2.45) is 0 Å². The van der Waals surface area contributed by atoms with Gasteiger partial charge in [0.15, 0.2) is 0 Å². The number of aromatic nitrogens is 1. The largest absolute Gasteiger partial charge is 0.395 e. The zero-order valence-electron chi connectivity index (χ0n) is 11.2. The number of anilines is 1. The van der Waals surface area contributed by atoms with E-state index in [9.17, 15) is 4.79 Å². The number of pyridine rings is 1. The van der Waals surface area contributed by atoms with Gasteiger partial charge < -0.3 is 15.3 Å². The molecule has 0 spiro atoms. The fourth-order valence-electron chi connectivity index (χ4n) is 1.59. The van der Waals surface area contributed by atoms with Crippen LogP contribution in [-0.2, 0) is 0 Å². The Labute approximate surface area is 108 Å². The number of nitrogens with zero attached hydrogens (tertiary/aromatic N) is 2. The first-order chi connectivity index (χ1) is 8.60. The average Bonchev–Trinajstić information content (AvgIpc) is 2.36. The third-order valence-electron chi connectivity index (χ3n) is 2.62. The molecule has 1 heterocycles. The van der Waals surface area contributed by atoms with Crippen LogP contribution in [0.25, 0.3) is 0 Å². The first-order valence-corrected chi connectivity index (χ1v) is 6.17. The molecule has 100 valence electrons. The number of carbonyl (C=O) groups is 1. The number of hydrogen-bond donors (Lipinski definition) is 2. The summed E-state index contributed by atoms with van der Waals surface area (Å²) in [7, 11) is 1.67. The lowest BCUT2D eigenvalue weighted by Gasteiger charge is -2.18. The Kier molecular flexibility index (Phi) is 5.58. The fourth-order valence-corrected chi connectivity index (χ4v) is 1.59. The van der Waals surface area contributed by atoms with Crippen molar-refractivity contribution >= 4 is 11.6 Å². The molecule has 0 aliphatic heterocycles. The molecule has 1 amide bonds. The molecule has 0 saturated heterocycles. The van der Waals surface area contributed by atoms with Crippen LogP contribution < -0.4 is 5.32 Å². The number of aryl methyl sites for hydroxylation is 1. The van der Waals surface area contributed by atoms with Crippen LogP contribution in [0.3, 0.4) is 0 Å². The van der Waals surface area contributed by atoms with E-state index in [0.29, 0.717) is 12.1 Å². The zero-order valence-corrected chi connectivity index (χ0v) is 11.2. The lowest BCUT2D eigenvalue weighted by atomic mass is 10.2. The maximum atomic E-state index is 12.2. The highest BCUT2D eigenvalue weighted by Gasteiger charge is 2.16. The minimum absolute atomic E-state index is 0.0424. The van der Waals surface area contributed by atoms with Gasteiger partial charge in [0.05, 0.1) is 17.9 Å². The quantitative estimate of drug-likeness (QED) is 0.799. The number of rotatable bonds is 6. The standard InChI is InChI=1S/C13H21N3O2/c1-4-5-14-12-8-10(2)15-9-11(12)13(18)16(3)6-7-17/h8-9,17H,4-7H2,1-3H3,(H,14,15). The summed E-state index contributed by atoms with van der Waals surface area (Å²) >= 11 is 0. The molecular weight excluding hydrogens is 230 g/mol. The first kappa shape index (κ1) is 14.4. The highest BCUT2D eigenvalue weighted by molar-refractivity contribution is 5.99. The average molecular weight is 251 g/mol. The summed E-state index contributed by atoms with van der Waals surface area (Å²) in [6.07, 6.45) is 2.57. The maximum absolute atomic E-state index is 12.2. The van der Waals surface area contributed by atoms with Gasteiger partial charge in [0.1, 0.15) is 0 Å². The van der Waals surface area contributed by atoms with Crippen molar-refractivity contribution in [3.63, 3.8) is 0 Å². The van der Waals surface area contributed by atoms with Crippen LogP contribution in [0.5, 0.6) is 0 Å². The number of aliphatic hydroxyl groups is 1. The Morgan fingerprint density at radius 2 is 2.28 bits per heavy atom. The number of likely N-dealkylation sites (N-methyl/N-ethyl adjacent to an activating group) is 1. The van der Waals surface area contributed by atoms with Crippen molar-refractivity contribution in [2.45, 2.75) is 20.3 Å². The van der Waals surface area contributed by atoms with Crippen LogP contribution in [-0.4, -0.2) is 47.6 Å². The van der Waals surface area contributed by atoms with E-state index >= 15 is 0 Å². The van der Waals surface area contributed by atoms with Gasteiger partial charge in [-0.1, -0.05) is 6.92 Å². The minimum Gasteiger partial charge on any atom is -0.395 e. The predicted octanol–water partition coefficient (Wildman–Crippen LogP) is 1.28. The van der Waals surface area contributed by atoms with Gasteiger partial charge in [-0.2, -0.15) is 0 Å². The van der Waals surface area contributed by atoms with E-state index in [4.69, 9.17) is 5.11 Å². The molecule has 0 saturated carbocycles. The van der Waals surface area contributed by atoms with Gasteiger partial charge in [0, 0.05) is 32.0 Å². The molecule has 0 bridgehead atoms. The highest BCUT2D eigenvalue weighted by atomic mass is 16.3. The Bertz CT molecular complexity index is 407. The Morgan fingerprint density at radius 3 is 2.89 bits per heavy atom. The summed E-state index contributed by atoms with van der Waals surface area (Å²) in [4.78, 5) is 17.8. The highest BCUT2D eigenvalue weighted by Crippen LogP contribution is 2.17. The van der Waals surface area contributed by atoms with E-state index in [1.165, 1.54) is 4.90 Å². The molecule has 0 unspecified atom stereocenters. The van der Waals surface area contributed by atoms with E-state index < -0.39 is 0 Å². The van der Waals surface area contributed by atoms with E-state index in [0.717, 1.165) is 24.3 Å². The van der Waals surface area contributed by atoms with Crippen LogP contribution in [0.2, 0.25) is 0 Å². The van der Waals surface area contributed by atoms with Gasteiger partial charge in [-0.3, -0.25) is 9.78 Å². The van der Waals surface area contributed by atoms with Gasteiger partial charge in [0.2, 0.25) is 0 Å². The van der Waals surface area contributed by atoms with Crippen LogP contribution in [0.15, 0.2) is 12.3 Å². The van der Waals surface area contributed by atoms with Gasteiger partial charge in [0.25, 0.3) is 5.91 Å². The van der Waals surface area contributed by atoms with Crippen molar-refractivity contribution in [1.82, 2.24) is 9.88 Å². The lowest BCUT2D eigenvalue weighted by Crippen LogP contribution is -2.30. The molecule has 5 heteroatoms. The molecule has 1 rings (SSSR count). The zero-order chi connectivity index (χ0) is 13.5. The third-order valence-corrected chi connectivity index (χ3v) is 2.62. The van der Waals surface area contributed by atoms with Crippen LogP contribution in [0.1, 0.15) is 29.4 Å². The second-order valence-corrected chi connectivity index (χ2v) is 4.25. The summed E-state index contributed by atoms with van der Waals surface area (Å²) in [6.45, 7) is 5.05. The van der Waals surface area contributed by atoms with Crippen molar-refractivity contribution < 1.29 is 9.90 Å². The van der Waals surface area contributed by atoms with Crippen molar-refractivity contribution in [2.75, 3.05) is 32.1 Å². The predicted molar refractivity (Wildman–Crippen MR) is 71.8 cm³/mol. The smallest absolute Gasteiger partial charge is 0.257 e. The second kappa shape index (κ2) is 6.96. The number of nitrogens with one attached hydrogen (secondary N) is 1. The van der Waals surface area contributed by atoms with Gasteiger partial charge in [-0.05, 0) is 19.4 Å². The normalized spacial score (nSPS) is 10.2. The minimum atomic E-state index is -0.129. The molecule has 0 aromatic carbocycles. The Balaban J connectivity index is 2.95. The number of carbonyl (C=O) groups excluding carboxylic acids is 1. The summed E-state index contributed by atoms with van der Waals surface area (Å²) in [6, 6.07) is 1.87. The molecule has 18 heavy (non-hydrogen) atoms. The molecular formula is C13H21N3O2. The first-order valence-electron chi connectivity index (χ1n) is 6.17. The summed E-state index contributed by atoms with van der Waals surface area (Å²) in [5.74, 6) is -0.129. The van der Waals surface area contributed by atoms with Gasteiger partial charge >= 0.3 is 0 Å². The van der Waals surface area contributed by atoms with Crippen LogP contribution >= 0.6 is 0 Å². The molecule has 1 aromatic heterocycles. The number of hydrogen-bond acceptors (Lipinski definition) is 4. The Hall–Kier alpha value is -1.62.